The Morgan fingerprint density at radius 1 is 1.32 bits per heavy atom. The monoisotopic (exact) mass is 388 g/mol. The van der Waals surface area contributed by atoms with Gasteiger partial charge in [-0.2, -0.15) is 0 Å². The van der Waals surface area contributed by atoms with Gasteiger partial charge in [0.05, 0.1) is 24.9 Å². The molecule has 28 heavy (non-hydrogen) atoms. The lowest BCUT2D eigenvalue weighted by atomic mass is 9.83. The van der Waals surface area contributed by atoms with Crippen molar-refractivity contribution in [2.24, 2.45) is 5.92 Å². The normalized spacial score (nSPS) is 19.6. The molecule has 2 heterocycles. The zero-order valence-electron chi connectivity index (χ0n) is 15.9. The lowest BCUT2D eigenvalue weighted by Crippen LogP contribution is -2.49. The molecule has 3 rings (SSSR count). The lowest BCUT2D eigenvalue weighted by molar-refractivity contribution is -0.144. The van der Waals surface area contributed by atoms with Crippen LogP contribution in [0.25, 0.3) is 0 Å². The van der Waals surface area contributed by atoms with Crippen LogP contribution in [0.5, 0.6) is 0 Å². The van der Waals surface area contributed by atoms with Gasteiger partial charge < -0.3 is 19.5 Å². The highest BCUT2D eigenvalue weighted by Gasteiger charge is 2.40. The van der Waals surface area contributed by atoms with E-state index in [1.165, 1.54) is 12.1 Å². The summed E-state index contributed by atoms with van der Waals surface area (Å²) in [5.41, 5.74) is 0.750. The van der Waals surface area contributed by atoms with E-state index in [4.69, 9.17) is 4.74 Å². The Morgan fingerprint density at radius 3 is 2.79 bits per heavy atom. The molecule has 1 aliphatic rings. The maximum atomic E-state index is 13.4. The van der Waals surface area contributed by atoms with E-state index in [2.05, 4.69) is 10.3 Å². The molecule has 1 aromatic heterocycles. The fourth-order valence-corrected chi connectivity index (χ4v) is 3.61. The van der Waals surface area contributed by atoms with Gasteiger partial charge in [0.25, 0.3) is 0 Å². The number of carbonyl (C=O) groups is 2. The number of rotatable bonds is 8. The molecule has 2 atom stereocenters. The molecule has 2 aromatic rings. The summed E-state index contributed by atoms with van der Waals surface area (Å²) in [5, 5.41) is 2.96. The molecule has 7 nitrogen and oxygen atoms in total. The standard InChI is InChI=1S/C20H25FN4O3/c1-28-13-12-25-18(26)7-6-17(19(25)15-2-4-16(21)5-3-15)20(27)23-9-11-24-10-8-22-14-24/h2-5,8,10,14,17,19H,6-7,9,11-13H2,1H3,(H,23,27)/t17-,19+/m1/s1. The highest BCUT2D eigenvalue weighted by molar-refractivity contribution is 5.85. The fourth-order valence-electron chi connectivity index (χ4n) is 3.61. The summed E-state index contributed by atoms with van der Waals surface area (Å²) >= 11 is 0. The molecule has 1 saturated heterocycles. The van der Waals surface area contributed by atoms with E-state index in [-0.39, 0.29) is 17.6 Å². The summed E-state index contributed by atoms with van der Waals surface area (Å²) in [6.07, 6.45) is 5.98. The quantitative estimate of drug-likeness (QED) is 0.748. The zero-order chi connectivity index (χ0) is 19.9. The number of methoxy groups -OCH3 is 1. The van der Waals surface area contributed by atoms with Crippen molar-refractivity contribution in [3.05, 3.63) is 54.4 Å². The number of likely N-dealkylation sites (tertiary alicyclic amines) is 1. The van der Waals surface area contributed by atoms with Crippen LogP contribution in [-0.4, -0.2) is 53.1 Å². The van der Waals surface area contributed by atoms with Crippen molar-refractivity contribution in [1.82, 2.24) is 19.8 Å². The van der Waals surface area contributed by atoms with Gasteiger partial charge in [0.1, 0.15) is 5.82 Å². The average molecular weight is 388 g/mol. The van der Waals surface area contributed by atoms with Gasteiger partial charge in [-0.1, -0.05) is 12.1 Å². The largest absolute Gasteiger partial charge is 0.383 e. The minimum absolute atomic E-state index is 0.0196. The molecule has 0 radical (unpaired) electrons. The molecule has 0 spiro atoms. The molecule has 1 N–H and O–H groups in total. The SMILES string of the molecule is COCCN1C(=O)CC[C@@H](C(=O)NCCn2ccnc2)[C@@H]1c1ccc(F)cc1. The number of piperidine rings is 1. The van der Waals surface area contributed by atoms with Crippen LogP contribution in [0.15, 0.2) is 43.0 Å². The van der Waals surface area contributed by atoms with E-state index in [9.17, 15) is 14.0 Å². The van der Waals surface area contributed by atoms with Crippen LogP contribution in [-0.2, 0) is 20.9 Å². The van der Waals surface area contributed by atoms with Gasteiger partial charge in [-0.3, -0.25) is 9.59 Å². The van der Waals surface area contributed by atoms with Crippen molar-refractivity contribution >= 4 is 11.8 Å². The summed E-state index contributed by atoms with van der Waals surface area (Å²) in [5.74, 6) is -0.878. The molecular formula is C20H25FN4O3. The Morgan fingerprint density at radius 2 is 2.11 bits per heavy atom. The fraction of sp³-hybridized carbons (Fsp3) is 0.450. The van der Waals surface area contributed by atoms with Crippen LogP contribution in [0.2, 0.25) is 0 Å². The molecule has 0 saturated carbocycles. The lowest BCUT2D eigenvalue weighted by Gasteiger charge is -2.40. The van der Waals surface area contributed by atoms with Crippen LogP contribution in [0.4, 0.5) is 4.39 Å². The second-order valence-electron chi connectivity index (χ2n) is 6.81. The summed E-state index contributed by atoms with van der Waals surface area (Å²) < 4.78 is 20.4. The Bertz CT molecular complexity index is 779. The number of benzene rings is 1. The molecule has 2 amide bonds. The molecule has 1 aromatic carbocycles. The van der Waals surface area contributed by atoms with E-state index in [0.29, 0.717) is 39.1 Å². The summed E-state index contributed by atoms with van der Waals surface area (Å²) in [6, 6.07) is 5.56. The number of ether oxygens (including phenoxy) is 1. The van der Waals surface area contributed by atoms with Crippen LogP contribution in [0.1, 0.15) is 24.4 Å². The van der Waals surface area contributed by atoms with Crippen LogP contribution >= 0.6 is 0 Å². The van der Waals surface area contributed by atoms with Crippen LogP contribution in [0.3, 0.4) is 0 Å². The van der Waals surface area contributed by atoms with Gasteiger partial charge in [-0.05, 0) is 24.1 Å². The number of hydrogen-bond acceptors (Lipinski definition) is 4. The van der Waals surface area contributed by atoms with Crippen LogP contribution < -0.4 is 5.32 Å². The predicted octanol–water partition coefficient (Wildman–Crippen LogP) is 1.76. The number of hydrogen-bond donors (Lipinski definition) is 1. The molecule has 150 valence electrons. The molecule has 1 aliphatic heterocycles. The minimum atomic E-state index is -0.440. The van der Waals surface area contributed by atoms with Crippen molar-refractivity contribution in [2.75, 3.05) is 26.8 Å². The van der Waals surface area contributed by atoms with Crippen molar-refractivity contribution in [3.63, 3.8) is 0 Å². The third-order valence-electron chi connectivity index (χ3n) is 5.02. The molecule has 0 bridgehead atoms. The smallest absolute Gasteiger partial charge is 0.225 e. The molecule has 0 aliphatic carbocycles. The predicted molar refractivity (Wildman–Crippen MR) is 101 cm³/mol. The summed E-state index contributed by atoms with van der Waals surface area (Å²) in [7, 11) is 1.57. The van der Waals surface area contributed by atoms with E-state index in [0.717, 1.165) is 5.56 Å². The molecular weight excluding hydrogens is 363 g/mol. The van der Waals surface area contributed by atoms with Gasteiger partial charge >= 0.3 is 0 Å². The highest BCUT2D eigenvalue weighted by Crippen LogP contribution is 2.36. The van der Waals surface area contributed by atoms with Crippen molar-refractivity contribution in [2.45, 2.75) is 25.4 Å². The highest BCUT2D eigenvalue weighted by atomic mass is 19.1. The third-order valence-corrected chi connectivity index (χ3v) is 5.02. The Labute approximate surface area is 163 Å². The van der Waals surface area contributed by atoms with Gasteiger partial charge in [-0.25, -0.2) is 9.37 Å². The Balaban J connectivity index is 1.76. The first-order valence-corrected chi connectivity index (χ1v) is 9.37. The van der Waals surface area contributed by atoms with E-state index in [1.807, 2.05) is 10.8 Å². The first kappa shape index (κ1) is 20.0. The number of halogens is 1. The summed E-state index contributed by atoms with van der Waals surface area (Å²) in [6.45, 7) is 1.84. The van der Waals surface area contributed by atoms with Crippen molar-refractivity contribution < 1.29 is 18.7 Å². The second-order valence-corrected chi connectivity index (χ2v) is 6.81. The topological polar surface area (TPSA) is 76.5 Å². The van der Waals surface area contributed by atoms with Crippen LogP contribution in [0, 0.1) is 11.7 Å². The number of imidazole rings is 1. The molecule has 0 unspecified atom stereocenters. The Hall–Kier alpha value is -2.74. The molecule has 8 heteroatoms. The van der Waals surface area contributed by atoms with E-state index in [1.54, 1.807) is 36.7 Å². The summed E-state index contributed by atoms with van der Waals surface area (Å²) in [4.78, 5) is 31.1. The minimum Gasteiger partial charge on any atom is -0.383 e. The van der Waals surface area contributed by atoms with Gasteiger partial charge in [-0.15, -0.1) is 0 Å². The average Bonchev–Trinajstić information content (AvgIpc) is 3.21. The number of amides is 2. The van der Waals surface area contributed by atoms with Crippen molar-refractivity contribution in [3.8, 4) is 0 Å². The molecule has 1 fully saturated rings. The third kappa shape index (κ3) is 4.75. The number of carbonyl (C=O) groups excluding carboxylic acids is 2. The van der Waals surface area contributed by atoms with Gasteiger partial charge in [0, 0.05) is 45.6 Å². The van der Waals surface area contributed by atoms with Gasteiger partial charge in [0.2, 0.25) is 11.8 Å². The zero-order valence-corrected chi connectivity index (χ0v) is 15.9. The van der Waals surface area contributed by atoms with E-state index < -0.39 is 12.0 Å². The first-order valence-electron chi connectivity index (χ1n) is 9.37. The first-order chi connectivity index (χ1) is 13.6. The van der Waals surface area contributed by atoms with Crippen molar-refractivity contribution in [1.29, 1.82) is 0 Å². The van der Waals surface area contributed by atoms with Gasteiger partial charge in [0.15, 0.2) is 0 Å². The maximum Gasteiger partial charge on any atom is 0.225 e. The number of nitrogens with one attached hydrogen (secondary N) is 1. The van der Waals surface area contributed by atoms with E-state index >= 15 is 0 Å². The number of nitrogens with zero attached hydrogens (tertiary/aromatic N) is 3. The second kappa shape index (κ2) is 9.45. The maximum absolute atomic E-state index is 13.4. The Kier molecular flexibility index (Phi) is 6.76. The number of aromatic nitrogens is 2.